The maximum Gasteiger partial charge on any atom is 0.198 e. The van der Waals surface area contributed by atoms with E-state index in [1.807, 2.05) is 0 Å². The standard InChI is InChI=1S/C14H21NO2Si/c1-5-8-15-13(16)11-7-6-10(18(2,3)4)9-12(11)14(15)17/h5-6,16-17H,1,7-9H2,2-4H3. The third kappa shape index (κ3) is 2.01. The van der Waals surface area contributed by atoms with Gasteiger partial charge in [-0.25, -0.2) is 0 Å². The summed E-state index contributed by atoms with van der Waals surface area (Å²) in [6.45, 7) is 11.0. The number of hydrogen-bond acceptors (Lipinski definition) is 2. The van der Waals surface area contributed by atoms with E-state index in [-0.39, 0.29) is 11.8 Å². The molecule has 1 aliphatic carbocycles. The van der Waals surface area contributed by atoms with Crippen LogP contribution in [0.3, 0.4) is 0 Å². The SMILES string of the molecule is C=CCn1c(O)c2c(c1O)CC([Si](C)(C)C)=CC2. The number of allylic oxidation sites excluding steroid dienone is 3. The summed E-state index contributed by atoms with van der Waals surface area (Å²) in [6.07, 6.45) is 5.40. The normalized spacial score (nSPS) is 15.2. The summed E-state index contributed by atoms with van der Waals surface area (Å²) in [6, 6.07) is 0. The fraction of sp³-hybridized carbons (Fsp3) is 0.429. The van der Waals surface area contributed by atoms with Gasteiger partial charge in [-0.3, -0.25) is 4.57 Å². The maximum absolute atomic E-state index is 10.2. The summed E-state index contributed by atoms with van der Waals surface area (Å²) in [5.41, 5.74) is 1.77. The molecule has 0 amide bonds. The molecule has 0 aliphatic heterocycles. The number of hydrogen-bond donors (Lipinski definition) is 2. The van der Waals surface area contributed by atoms with Crippen molar-refractivity contribution in [3.05, 3.63) is 35.1 Å². The van der Waals surface area contributed by atoms with Crippen LogP contribution in [-0.4, -0.2) is 22.9 Å². The second-order valence-electron chi connectivity index (χ2n) is 5.86. The van der Waals surface area contributed by atoms with Gasteiger partial charge in [0.05, 0.1) is 8.07 Å². The molecule has 0 saturated heterocycles. The molecular formula is C14H21NO2Si. The van der Waals surface area contributed by atoms with E-state index < -0.39 is 8.07 Å². The third-order valence-electron chi connectivity index (χ3n) is 3.61. The Bertz CT molecular complexity index is 521. The Morgan fingerprint density at radius 1 is 1.28 bits per heavy atom. The van der Waals surface area contributed by atoms with E-state index in [0.29, 0.717) is 6.54 Å². The molecule has 0 fully saturated rings. The fourth-order valence-corrected chi connectivity index (χ4v) is 3.88. The average molecular weight is 263 g/mol. The molecule has 0 bridgehead atoms. The predicted molar refractivity (Wildman–Crippen MR) is 76.8 cm³/mol. The summed E-state index contributed by atoms with van der Waals surface area (Å²) in [5.74, 6) is 0.388. The Morgan fingerprint density at radius 2 is 1.89 bits per heavy atom. The van der Waals surface area contributed by atoms with Crippen molar-refractivity contribution in [3.63, 3.8) is 0 Å². The van der Waals surface area contributed by atoms with E-state index in [4.69, 9.17) is 0 Å². The van der Waals surface area contributed by atoms with Crippen molar-refractivity contribution in [3.8, 4) is 11.8 Å². The van der Waals surface area contributed by atoms with Gasteiger partial charge in [0, 0.05) is 17.7 Å². The maximum atomic E-state index is 10.2. The second kappa shape index (κ2) is 4.35. The fourth-order valence-electron chi connectivity index (χ4n) is 2.46. The first-order valence-electron chi connectivity index (χ1n) is 6.28. The van der Waals surface area contributed by atoms with E-state index in [2.05, 4.69) is 32.3 Å². The van der Waals surface area contributed by atoms with Gasteiger partial charge >= 0.3 is 0 Å². The molecule has 2 N–H and O–H groups in total. The number of rotatable bonds is 3. The lowest BCUT2D eigenvalue weighted by molar-refractivity contribution is 0.376. The van der Waals surface area contributed by atoms with Crippen molar-refractivity contribution in [1.82, 2.24) is 4.57 Å². The predicted octanol–water partition coefficient (Wildman–Crippen LogP) is 2.99. The monoisotopic (exact) mass is 263 g/mol. The van der Waals surface area contributed by atoms with E-state index in [9.17, 15) is 10.2 Å². The minimum Gasteiger partial charge on any atom is -0.494 e. The van der Waals surface area contributed by atoms with Crippen molar-refractivity contribution in [2.45, 2.75) is 39.0 Å². The minimum atomic E-state index is -1.34. The molecule has 18 heavy (non-hydrogen) atoms. The summed E-state index contributed by atoms with van der Waals surface area (Å²) in [5, 5.41) is 21.8. The van der Waals surface area contributed by atoms with Crippen LogP contribution in [0.5, 0.6) is 11.8 Å². The molecule has 1 aliphatic rings. The largest absolute Gasteiger partial charge is 0.494 e. The van der Waals surface area contributed by atoms with Gasteiger partial charge in [0.1, 0.15) is 0 Å². The van der Waals surface area contributed by atoms with Gasteiger partial charge in [-0.2, -0.15) is 0 Å². The van der Waals surface area contributed by atoms with Gasteiger partial charge in [-0.05, 0) is 12.8 Å². The zero-order chi connectivity index (χ0) is 13.5. The third-order valence-corrected chi connectivity index (χ3v) is 5.92. The van der Waals surface area contributed by atoms with Gasteiger partial charge in [0.15, 0.2) is 11.8 Å². The quantitative estimate of drug-likeness (QED) is 0.650. The smallest absolute Gasteiger partial charge is 0.198 e. The zero-order valence-corrected chi connectivity index (χ0v) is 12.3. The zero-order valence-electron chi connectivity index (χ0n) is 11.3. The molecule has 4 heteroatoms. The van der Waals surface area contributed by atoms with E-state index in [1.54, 1.807) is 6.08 Å². The number of nitrogens with zero attached hydrogens (tertiary/aromatic N) is 1. The molecule has 1 heterocycles. The molecular weight excluding hydrogens is 242 g/mol. The number of aromatic nitrogens is 1. The molecule has 98 valence electrons. The summed E-state index contributed by atoms with van der Waals surface area (Å²) < 4.78 is 1.53. The molecule has 0 unspecified atom stereocenters. The van der Waals surface area contributed by atoms with Crippen LogP contribution in [0.1, 0.15) is 11.1 Å². The van der Waals surface area contributed by atoms with Crippen LogP contribution < -0.4 is 0 Å². The van der Waals surface area contributed by atoms with Crippen LogP contribution in [0.25, 0.3) is 0 Å². The van der Waals surface area contributed by atoms with Gasteiger partial charge in [-0.15, -0.1) is 6.58 Å². The molecule has 0 atom stereocenters. The topological polar surface area (TPSA) is 45.4 Å². The van der Waals surface area contributed by atoms with Crippen molar-refractivity contribution >= 4 is 8.07 Å². The van der Waals surface area contributed by atoms with Gasteiger partial charge < -0.3 is 10.2 Å². The van der Waals surface area contributed by atoms with Gasteiger partial charge in [0.2, 0.25) is 0 Å². The molecule has 0 radical (unpaired) electrons. The first kappa shape index (κ1) is 13.0. The second-order valence-corrected chi connectivity index (χ2v) is 11.0. The number of aromatic hydroxyl groups is 2. The lowest BCUT2D eigenvalue weighted by Crippen LogP contribution is -2.27. The van der Waals surface area contributed by atoms with Crippen molar-refractivity contribution in [2.75, 3.05) is 0 Å². The van der Waals surface area contributed by atoms with Gasteiger partial charge in [-0.1, -0.05) is 37.0 Å². The summed E-state index contributed by atoms with van der Waals surface area (Å²) in [4.78, 5) is 0. The Hall–Kier alpha value is -1.42. The highest BCUT2D eigenvalue weighted by Crippen LogP contribution is 2.39. The molecule has 0 spiro atoms. The molecule has 1 aromatic heterocycles. The summed E-state index contributed by atoms with van der Waals surface area (Å²) >= 11 is 0. The van der Waals surface area contributed by atoms with E-state index in [1.165, 1.54) is 9.76 Å². The molecule has 0 aromatic carbocycles. The number of fused-ring (bicyclic) bond motifs is 1. The first-order chi connectivity index (χ1) is 8.36. The van der Waals surface area contributed by atoms with Crippen LogP contribution in [0.15, 0.2) is 23.9 Å². The molecule has 2 rings (SSSR count). The van der Waals surface area contributed by atoms with Crippen LogP contribution in [-0.2, 0) is 19.4 Å². The van der Waals surface area contributed by atoms with Crippen molar-refractivity contribution < 1.29 is 10.2 Å². The van der Waals surface area contributed by atoms with Crippen molar-refractivity contribution in [2.24, 2.45) is 0 Å². The molecule has 0 saturated carbocycles. The highest BCUT2D eigenvalue weighted by atomic mass is 28.3. The van der Waals surface area contributed by atoms with Crippen LogP contribution in [0, 0.1) is 0 Å². The minimum absolute atomic E-state index is 0.188. The average Bonchev–Trinajstić information content (AvgIpc) is 2.53. The molecule has 3 nitrogen and oxygen atoms in total. The van der Waals surface area contributed by atoms with Gasteiger partial charge in [0.25, 0.3) is 0 Å². The molecule has 1 aromatic rings. The van der Waals surface area contributed by atoms with Crippen LogP contribution in [0.2, 0.25) is 19.6 Å². The van der Waals surface area contributed by atoms with Crippen LogP contribution >= 0.6 is 0 Å². The highest BCUT2D eigenvalue weighted by molar-refractivity contribution is 6.83. The highest BCUT2D eigenvalue weighted by Gasteiger charge is 2.29. The summed E-state index contributed by atoms with van der Waals surface area (Å²) in [7, 11) is -1.34. The Balaban J connectivity index is 2.43. The lowest BCUT2D eigenvalue weighted by atomic mass is 10.0. The van der Waals surface area contributed by atoms with E-state index in [0.717, 1.165) is 24.0 Å². The van der Waals surface area contributed by atoms with E-state index >= 15 is 0 Å². The lowest BCUT2D eigenvalue weighted by Gasteiger charge is -2.24. The van der Waals surface area contributed by atoms with Crippen LogP contribution in [0.4, 0.5) is 0 Å². The Labute approximate surface area is 109 Å². The first-order valence-corrected chi connectivity index (χ1v) is 9.78. The Kier molecular flexibility index (Phi) is 3.15. The van der Waals surface area contributed by atoms with Crippen molar-refractivity contribution in [1.29, 1.82) is 0 Å². The Morgan fingerprint density at radius 3 is 2.44 bits per heavy atom.